The highest BCUT2D eigenvalue weighted by Gasteiger charge is 2.07. The molecule has 1 N–H and O–H groups in total. The smallest absolute Gasteiger partial charge is 0.255 e. The van der Waals surface area contributed by atoms with Gasteiger partial charge in [-0.05, 0) is 42.8 Å². The van der Waals surface area contributed by atoms with Crippen LogP contribution in [0.2, 0.25) is 0 Å². The van der Waals surface area contributed by atoms with Gasteiger partial charge in [0.1, 0.15) is 5.75 Å². The highest BCUT2D eigenvalue weighted by molar-refractivity contribution is 6.04. The highest BCUT2D eigenvalue weighted by Crippen LogP contribution is 2.18. The summed E-state index contributed by atoms with van der Waals surface area (Å²) in [6.07, 6.45) is 6.39. The fourth-order valence-electron chi connectivity index (χ4n) is 2.76. The molecule has 134 valence electrons. The van der Waals surface area contributed by atoms with E-state index in [9.17, 15) is 4.79 Å². The Morgan fingerprint density at radius 1 is 1.04 bits per heavy atom. The van der Waals surface area contributed by atoms with Crippen molar-refractivity contribution >= 4 is 22.5 Å². The summed E-state index contributed by atoms with van der Waals surface area (Å²) >= 11 is 0. The fourth-order valence-corrected chi connectivity index (χ4v) is 2.76. The monoisotopic (exact) mass is 348 g/mol. The molecule has 3 rings (SSSR count). The molecule has 0 spiro atoms. The lowest BCUT2D eigenvalue weighted by Gasteiger charge is -2.08. The van der Waals surface area contributed by atoms with Gasteiger partial charge in [-0.2, -0.15) is 0 Å². The van der Waals surface area contributed by atoms with E-state index in [1.165, 1.54) is 19.3 Å². The van der Waals surface area contributed by atoms with Crippen LogP contribution in [0.1, 0.15) is 43.0 Å². The molecule has 0 radical (unpaired) electrons. The molecule has 4 nitrogen and oxygen atoms in total. The number of para-hydroxylation sites is 1. The number of fused-ring (bicyclic) bond motifs is 1. The van der Waals surface area contributed by atoms with E-state index in [0.717, 1.165) is 23.1 Å². The number of anilines is 1. The number of carbonyl (C=O) groups excluding carboxylic acids is 1. The number of carbonyl (C=O) groups is 1. The molecule has 2 aromatic carbocycles. The number of unbranched alkanes of at least 4 members (excludes halogenated alkanes) is 3. The standard InChI is InChI=1S/C22H24N2O2/c1-2-3-4-7-14-26-20-12-10-17(11-13-20)22(25)24-19-15-18-8-5-6-9-21(18)23-16-19/h5-6,8-13,15-16H,2-4,7,14H2,1H3,(H,24,25). The third-order valence-electron chi connectivity index (χ3n) is 4.23. The average molecular weight is 348 g/mol. The van der Waals surface area contributed by atoms with Crippen molar-refractivity contribution in [2.45, 2.75) is 32.6 Å². The quantitative estimate of drug-likeness (QED) is 0.551. The number of hydrogen-bond acceptors (Lipinski definition) is 3. The maximum absolute atomic E-state index is 12.4. The van der Waals surface area contributed by atoms with Crippen molar-refractivity contribution in [1.82, 2.24) is 4.98 Å². The van der Waals surface area contributed by atoms with Gasteiger partial charge in [-0.3, -0.25) is 9.78 Å². The van der Waals surface area contributed by atoms with Crippen LogP contribution >= 0.6 is 0 Å². The number of nitrogens with zero attached hydrogens (tertiary/aromatic N) is 1. The predicted octanol–water partition coefficient (Wildman–Crippen LogP) is 5.45. The Balaban J connectivity index is 1.57. The zero-order chi connectivity index (χ0) is 18.2. The van der Waals surface area contributed by atoms with Crippen LogP contribution in [0.15, 0.2) is 60.8 Å². The first-order valence-electron chi connectivity index (χ1n) is 9.15. The van der Waals surface area contributed by atoms with Crippen molar-refractivity contribution in [1.29, 1.82) is 0 Å². The summed E-state index contributed by atoms with van der Waals surface area (Å²) in [6.45, 7) is 2.91. The summed E-state index contributed by atoms with van der Waals surface area (Å²) in [4.78, 5) is 16.8. The maximum Gasteiger partial charge on any atom is 0.255 e. The zero-order valence-corrected chi connectivity index (χ0v) is 15.1. The summed E-state index contributed by atoms with van der Waals surface area (Å²) in [5.74, 6) is 0.641. The third-order valence-corrected chi connectivity index (χ3v) is 4.23. The Kier molecular flexibility index (Phi) is 6.20. The van der Waals surface area contributed by atoms with E-state index in [1.807, 2.05) is 42.5 Å². The van der Waals surface area contributed by atoms with Crippen LogP contribution in [0.5, 0.6) is 5.75 Å². The van der Waals surface area contributed by atoms with Crippen LogP contribution in [0, 0.1) is 0 Å². The first-order valence-corrected chi connectivity index (χ1v) is 9.15. The number of nitrogens with one attached hydrogen (secondary N) is 1. The summed E-state index contributed by atoms with van der Waals surface area (Å²) < 4.78 is 5.71. The third kappa shape index (κ3) is 4.82. The Morgan fingerprint density at radius 3 is 2.65 bits per heavy atom. The average Bonchev–Trinajstić information content (AvgIpc) is 2.68. The number of benzene rings is 2. The minimum atomic E-state index is -0.156. The van der Waals surface area contributed by atoms with Gasteiger partial charge in [0.15, 0.2) is 0 Å². The molecule has 0 saturated heterocycles. The Bertz CT molecular complexity index is 859. The summed E-state index contributed by atoms with van der Waals surface area (Å²) in [7, 11) is 0. The second-order valence-electron chi connectivity index (χ2n) is 6.30. The van der Waals surface area contributed by atoms with E-state index >= 15 is 0 Å². The van der Waals surface area contributed by atoms with Crippen LogP contribution in [-0.4, -0.2) is 17.5 Å². The van der Waals surface area contributed by atoms with Gasteiger partial charge in [0.25, 0.3) is 5.91 Å². The number of pyridine rings is 1. The lowest BCUT2D eigenvalue weighted by atomic mass is 10.2. The van der Waals surface area contributed by atoms with E-state index in [1.54, 1.807) is 18.3 Å². The molecule has 0 aliphatic rings. The van der Waals surface area contributed by atoms with Gasteiger partial charge >= 0.3 is 0 Å². The van der Waals surface area contributed by atoms with E-state index in [0.29, 0.717) is 17.9 Å². The molecule has 4 heteroatoms. The molecular formula is C22H24N2O2. The Hall–Kier alpha value is -2.88. The maximum atomic E-state index is 12.4. The number of hydrogen-bond donors (Lipinski definition) is 1. The molecule has 1 aromatic heterocycles. The molecule has 3 aromatic rings. The normalized spacial score (nSPS) is 10.7. The minimum absolute atomic E-state index is 0.156. The van der Waals surface area contributed by atoms with Gasteiger partial charge in [0.05, 0.1) is 24.0 Å². The molecule has 0 unspecified atom stereocenters. The van der Waals surface area contributed by atoms with Gasteiger partial charge < -0.3 is 10.1 Å². The zero-order valence-electron chi connectivity index (χ0n) is 15.1. The number of amides is 1. The molecule has 26 heavy (non-hydrogen) atoms. The highest BCUT2D eigenvalue weighted by atomic mass is 16.5. The molecule has 0 aliphatic heterocycles. The lowest BCUT2D eigenvalue weighted by molar-refractivity contribution is 0.102. The topological polar surface area (TPSA) is 51.2 Å². The van der Waals surface area contributed by atoms with Gasteiger partial charge in [-0.25, -0.2) is 0 Å². The number of aromatic nitrogens is 1. The van der Waals surface area contributed by atoms with Gasteiger partial charge in [-0.15, -0.1) is 0 Å². The van der Waals surface area contributed by atoms with Crippen molar-refractivity contribution in [3.8, 4) is 5.75 Å². The van der Waals surface area contributed by atoms with E-state index in [4.69, 9.17) is 4.74 Å². The lowest BCUT2D eigenvalue weighted by Crippen LogP contribution is -2.12. The second-order valence-corrected chi connectivity index (χ2v) is 6.30. The number of ether oxygens (including phenoxy) is 1. The van der Waals surface area contributed by atoms with Crippen molar-refractivity contribution in [2.75, 3.05) is 11.9 Å². The Morgan fingerprint density at radius 2 is 1.85 bits per heavy atom. The largest absolute Gasteiger partial charge is 0.494 e. The summed E-state index contributed by atoms with van der Waals surface area (Å²) in [6, 6.07) is 17.0. The van der Waals surface area contributed by atoms with Gasteiger partial charge in [-0.1, -0.05) is 44.4 Å². The van der Waals surface area contributed by atoms with Gasteiger partial charge in [0, 0.05) is 10.9 Å². The first-order chi connectivity index (χ1) is 12.8. The van der Waals surface area contributed by atoms with Crippen molar-refractivity contribution < 1.29 is 9.53 Å². The van der Waals surface area contributed by atoms with Crippen LogP contribution in [0.3, 0.4) is 0 Å². The number of rotatable bonds is 8. The van der Waals surface area contributed by atoms with Crippen molar-refractivity contribution in [3.05, 3.63) is 66.4 Å². The second kappa shape index (κ2) is 8.99. The molecule has 1 heterocycles. The van der Waals surface area contributed by atoms with Crippen LogP contribution < -0.4 is 10.1 Å². The van der Waals surface area contributed by atoms with Crippen molar-refractivity contribution in [3.63, 3.8) is 0 Å². The molecule has 0 aliphatic carbocycles. The van der Waals surface area contributed by atoms with Crippen LogP contribution in [0.25, 0.3) is 10.9 Å². The van der Waals surface area contributed by atoms with E-state index < -0.39 is 0 Å². The van der Waals surface area contributed by atoms with Gasteiger partial charge in [0.2, 0.25) is 0 Å². The SMILES string of the molecule is CCCCCCOc1ccc(C(=O)Nc2cnc3ccccc3c2)cc1. The molecular weight excluding hydrogens is 324 g/mol. The molecule has 0 fully saturated rings. The predicted molar refractivity (Wildman–Crippen MR) is 106 cm³/mol. The summed E-state index contributed by atoms with van der Waals surface area (Å²) in [5, 5.41) is 3.89. The fraction of sp³-hybridized carbons (Fsp3) is 0.273. The van der Waals surface area contributed by atoms with E-state index in [-0.39, 0.29) is 5.91 Å². The minimum Gasteiger partial charge on any atom is -0.494 e. The van der Waals surface area contributed by atoms with E-state index in [2.05, 4.69) is 17.2 Å². The molecule has 0 atom stereocenters. The van der Waals surface area contributed by atoms with Crippen LogP contribution in [0.4, 0.5) is 5.69 Å². The molecule has 1 amide bonds. The first kappa shape index (κ1) is 17.9. The van der Waals surface area contributed by atoms with Crippen LogP contribution in [-0.2, 0) is 0 Å². The molecule has 0 saturated carbocycles. The summed E-state index contributed by atoms with van der Waals surface area (Å²) in [5.41, 5.74) is 2.19. The van der Waals surface area contributed by atoms with Crippen molar-refractivity contribution in [2.24, 2.45) is 0 Å². The molecule has 0 bridgehead atoms. The Labute approximate surface area is 154 Å².